The molecule has 0 atom stereocenters. The number of para-hydroxylation sites is 2. The van der Waals surface area contributed by atoms with Crippen LogP contribution in [0.5, 0.6) is 0 Å². The van der Waals surface area contributed by atoms with E-state index in [-0.39, 0.29) is 5.52 Å². The zero-order valence-corrected chi connectivity index (χ0v) is 11.3. The van der Waals surface area contributed by atoms with Crippen LogP contribution < -0.4 is 0 Å². The molecule has 2 aromatic heterocycles. The highest BCUT2D eigenvalue weighted by Crippen LogP contribution is 2.38. The van der Waals surface area contributed by atoms with Gasteiger partial charge in [-0.25, -0.2) is 0 Å². The van der Waals surface area contributed by atoms with Crippen LogP contribution in [0, 0.1) is 0 Å². The highest BCUT2D eigenvalue weighted by atomic mass is 19.4. The van der Waals surface area contributed by atoms with Crippen molar-refractivity contribution in [2.24, 2.45) is 0 Å². The van der Waals surface area contributed by atoms with Crippen molar-refractivity contribution in [2.75, 3.05) is 0 Å². The molecule has 2 heterocycles. The van der Waals surface area contributed by atoms with Gasteiger partial charge < -0.3 is 9.97 Å². The molecule has 0 fully saturated rings. The van der Waals surface area contributed by atoms with Gasteiger partial charge in [0.1, 0.15) is 0 Å². The van der Waals surface area contributed by atoms with E-state index in [1.54, 1.807) is 12.3 Å². The standard InChI is InChI=1S/C17H11F3N2/c18-17(19,20)13-6-3-5-11-12(9-21-16(11)13)15-8-10-4-1-2-7-14(10)22-15/h1-9,21-22H. The summed E-state index contributed by atoms with van der Waals surface area (Å²) >= 11 is 0. The first-order valence-electron chi connectivity index (χ1n) is 6.79. The van der Waals surface area contributed by atoms with Crippen molar-refractivity contribution in [3.63, 3.8) is 0 Å². The summed E-state index contributed by atoms with van der Waals surface area (Å²) in [5.41, 5.74) is 1.96. The van der Waals surface area contributed by atoms with Crippen molar-refractivity contribution < 1.29 is 13.2 Å². The van der Waals surface area contributed by atoms with Gasteiger partial charge in [0.15, 0.2) is 0 Å². The average molecular weight is 300 g/mol. The second-order valence-corrected chi connectivity index (χ2v) is 5.20. The minimum absolute atomic E-state index is 0.114. The molecule has 0 amide bonds. The lowest BCUT2D eigenvalue weighted by Gasteiger charge is -2.07. The minimum Gasteiger partial charge on any atom is -0.360 e. The van der Waals surface area contributed by atoms with Gasteiger partial charge in [-0.3, -0.25) is 0 Å². The summed E-state index contributed by atoms with van der Waals surface area (Å²) in [6.45, 7) is 0. The van der Waals surface area contributed by atoms with Crippen LogP contribution >= 0.6 is 0 Å². The number of halogens is 3. The molecular formula is C17H11F3N2. The molecule has 0 radical (unpaired) electrons. The molecule has 22 heavy (non-hydrogen) atoms. The van der Waals surface area contributed by atoms with E-state index in [1.165, 1.54) is 6.07 Å². The van der Waals surface area contributed by atoms with Gasteiger partial charge in [0, 0.05) is 33.7 Å². The Morgan fingerprint density at radius 1 is 0.909 bits per heavy atom. The predicted molar refractivity (Wildman–Crippen MR) is 80.6 cm³/mol. The number of aromatic nitrogens is 2. The van der Waals surface area contributed by atoms with E-state index in [9.17, 15) is 13.2 Å². The van der Waals surface area contributed by atoms with Gasteiger partial charge in [0.25, 0.3) is 0 Å². The molecule has 2 nitrogen and oxygen atoms in total. The van der Waals surface area contributed by atoms with Crippen LogP contribution in [0.4, 0.5) is 13.2 Å². The van der Waals surface area contributed by atoms with Crippen LogP contribution in [0.15, 0.2) is 54.7 Å². The largest absolute Gasteiger partial charge is 0.418 e. The zero-order valence-electron chi connectivity index (χ0n) is 11.3. The third-order valence-electron chi connectivity index (χ3n) is 3.84. The van der Waals surface area contributed by atoms with E-state index in [4.69, 9.17) is 0 Å². The van der Waals surface area contributed by atoms with Gasteiger partial charge in [-0.15, -0.1) is 0 Å². The lowest BCUT2D eigenvalue weighted by Crippen LogP contribution is -2.05. The first-order valence-corrected chi connectivity index (χ1v) is 6.79. The van der Waals surface area contributed by atoms with Gasteiger partial charge in [-0.05, 0) is 18.2 Å². The van der Waals surface area contributed by atoms with E-state index in [0.29, 0.717) is 5.39 Å². The summed E-state index contributed by atoms with van der Waals surface area (Å²) in [5, 5.41) is 1.58. The van der Waals surface area contributed by atoms with Gasteiger partial charge >= 0.3 is 6.18 Å². The molecule has 0 bridgehead atoms. The highest BCUT2D eigenvalue weighted by Gasteiger charge is 2.33. The van der Waals surface area contributed by atoms with E-state index >= 15 is 0 Å². The van der Waals surface area contributed by atoms with Crippen LogP contribution in [0.1, 0.15) is 5.56 Å². The Labute approximate surface area is 123 Å². The Morgan fingerprint density at radius 3 is 2.50 bits per heavy atom. The van der Waals surface area contributed by atoms with Crippen LogP contribution in [0.2, 0.25) is 0 Å². The summed E-state index contributed by atoms with van der Waals surface area (Å²) in [5.74, 6) is 0. The number of rotatable bonds is 1. The molecule has 0 unspecified atom stereocenters. The Balaban J connectivity index is 1.96. The van der Waals surface area contributed by atoms with Crippen molar-refractivity contribution in [2.45, 2.75) is 6.18 Å². The third kappa shape index (κ3) is 1.89. The topological polar surface area (TPSA) is 31.6 Å². The Kier molecular flexibility index (Phi) is 2.60. The fraction of sp³-hybridized carbons (Fsp3) is 0.0588. The molecule has 0 saturated heterocycles. The number of aromatic amines is 2. The molecule has 0 aliphatic carbocycles. The maximum absolute atomic E-state index is 13.1. The predicted octanol–water partition coefficient (Wildman–Crippen LogP) is 5.34. The summed E-state index contributed by atoms with van der Waals surface area (Å²) < 4.78 is 39.2. The number of H-pyrrole nitrogens is 2. The van der Waals surface area contributed by atoms with E-state index in [2.05, 4.69) is 9.97 Å². The smallest absolute Gasteiger partial charge is 0.360 e. The molecule has 2 aromatic carbocycles. The zero-order chi connectivity index (χ0) is 15.3. The number of fused-ring (bicyclic) bond motifs is 2. The van der Waals surface area contributed by atoms with Crippen LogP contribution in [0.3, 0.4) is 0 Å². The van der Waals surface area contributed by atoms with Crippen LogP contribution in [-0.4, -0.2) is 9.97 Å². The summed E-state index contributed by atoms with van der Waals surface area (Å²) in [7, 11) is 0. The second kappa shape index (κ2) is 4.40. The Morgan fingerprint density at radius 2 is 1.73 bits per heavy atom. The maximum atomic E-state index is 13.1. The van der Waals surface area contributed by atoms with Crippen LogP contribution in [-0.2, 0) is 6.18 Å². The quantitative estimate of drug-likeness (QED) is 0.476. The normalized spacial score (nSPS) is 12.3. The minimum atomic E-state index is -4.37. The Bertz CT molecular complexity index is 943. The molecule has 0 saturated carbocycles. The van der Waals surface area contributed by atoms with E-state index in [1.807, 2.05) is 30.3 Å². The molecule has 0 spiro atoms. The van der Waals surface area contributed by atoms with Crippen molar-refractivity contribution in [3.8, 4) is 11.3 Å². The fourth-order valence-corrected chi connectivity index (χ4v) is 2.83. The number of nitrogens with one attached hydrogen (secondary N) is 2. The first-order chi connectivity index (χ1) is 10.5. The van der Waals surface area contributed by atoms with Gasteiger partial charge in [-0.1, -0.05) is 30.3 Å². The number of benzene rings is 2. The first kappa shape index (κ1) is 13.0. The Hall–Kier alpha value is -2.69. The average Bonchev–Trinajstić information content (AvgIpc) is 3.09. The molecule has 4 rings (SSSR count). The molecule has 5 heteroatoms. The van der Waals surface area contributed by atoms with E-state index in [0.717, 1.165) is 28.2 Å². The number of alkyl halides is 3. The third-order valence-corrected chi connectivity index (χ3v) is 3.84. The van der Waals surface area contributed by atoms with Crippen LogP contribution in [0.25, 0.3) is 33.1 Å². The fourth-order valence-electron chi connectivity index (χ4n) is 2.83. The van der Waals surface area contributed by atoms with Crippen molar-refractivity contribution in [1.82, 2.24) is 9.97 Å². The summed E-state index contributed by atoms with van der Waals surface area (Å²) in [6, 6.07) is 13.9. The molecule has 0 aliphatic rings. The SMILES string of the molecule is FC(F)(F)c1cccc2c(-c3cc4ccccc4[nH]3)c[nH]c12. The molecule has 4 aromatic rings. The van der Waals surface area contributed by atoms with Gasteiger partial charge in [-0.2, -0.15) is 13.2 Å². The van der Waals surface area contributed by atoms with Crippen molar-refractivity contribution in [3.05, 3.63) is 60.3 Å². The van der Waals surface area contributed by atoms with Gasteiger partial charge in [0.05, 0.1) is 11.1 Å². The van der Waals surface area contributed by atoms with Crippen molar-refractivity contribution in [1.29, 1.82) is 0 Å². The molecular weight excluding hydrogens is 289 g/mol. The number of hydrogen-bond acceptors (Lipinski definition) is 0. The lowest BCUT2D eigenvalue weighted by molar-refractivity contribution is -0.136. The summed E-state index contributed by atoms with van der Waals surface area (Å²) in [6.07, 6.45) is -2.76. The van der Waals surface area contributed by atoms with Crippen molar-refractivity contribution >= 4 is 21.8 Å². The number of hydrogen-bond donors (Lipinski definition) is 2. The molecule has 2 N–H and O–H groups in total. The highest BCUT2D eigenvalue weighted by molar-refractivity contribution is 5.99. The van der Waals surface area contributed by atoms with Gasteiger partial charge in [0.2, 0.25) is 0 Å². The second-order valence-electron chi connectivity index (χ2n) is 5.20. The molecule has 110 valence electrons. The maximum Gasteiger partial charge on any atom is 0.418 e. The summed E-state index contributed by atoms with van der Waals surface area (Å²) in [4.78, 5) is 6.01. The molecule has 0 aliphatic heterocycles. The monoisotopic (exact) mass is 300 g/mol. The lowest BCUT2D eigenvalue weighted by atomic mass is 10.1. The van der Waals surface area contributed by atoms with E-state index < -0.39 is 11.7 Å².